The fourth-order valence-corrected chi connectivity index (χ4v) is 1.76. The molecule has 7 heteroatoms. The highest BCUT2D eigenvalue weighted by molar-refractivity contribution is 5.47. The van der Waals surface area contributed by atoms with Crippen molar-refractivity contribution in [3.8, 4) is 0 Å². The predicted molar refractivity (Wildman–Crippen MR) is 78.9 cm³/mol. The summed E-state index contributed by atoms with van der Waals surface area (Å²) in [6.45, 7) is 3.23. The molecule has 6 nitrogen and oxygen atoms in total. The number of hydrazine groups is 1. The first kappa shape index (κ1) is 15.1. The van der Waals surface area contributed by atoms with E-state index < -0.39 is 0 Å². The van der Waals surface area contributed by atoms with Crippen LogP contribution in [-0.4, -0.2) is 16.6 Å². The fourth-order valence-electron chi connectivity index (χ4n) is 1.76. The molecule has 0 saturated carbocycles. The molecule has 2 aromatic rings. The van der Waals surface area contributed by atoms with Gasteiger partial charge in [0.05, 0.1) is 0 Å². The van der Waals surface area contributed by atoms with E-state index in [0.29, 0.717) is 37.2 Å². The molecule has 0 atom stereocenters. The fraction of sp³-hybridized carbons (Fsp3) is 0.286. The molecule has 1 heterocycles. The number of hydrogen-bond donors (Lipinski definition) is 3. The van der Waals surface area contributed by atoms with Gasteiger partial charge in [0.25, 0.3) is 0 Å². The molecule has 0 saturated heterocycles. The average molecular weight is 291 g/mol. The van der Waals surface area contributed by atoms with Crippen LogP contribution in [0.4, 0.5) is 16.0 Å². The Labute approximate surface area is 122 Å². The first-order chi connectivity index (χ1) is 10.2. The monoisotopic (exact) mass is 291 g/mol. The Bertz CT molecular complexity index is 593. The highest BCUT2D eigenvalue weighted by Gasteiger charge is 2.04. The third-order valence-electron chi connectivity index (χ3n) is 2.72. The van der Waals surface area contributed by atoms with Crippen LogP contribution in [0.5, 0.6) is 0 Å². The van der Waals surface area contributed by atoms with Gasteiger partial charge in [-0.15, -0.1) is 0 Å². The highest BCUT2D eigenvalue weighted by atomic mass is 19.1. The second kappa shape index (κ2) is 7.51. The topological polar surface area (TPSA) is 85.1 Å². The molecule has 0 bridgehead atoms. The summed E-state index contributed by atoms with van der Waals surface area (Å²) in [6, 6.07) is 8.05. The van der Waals surface area contributed by atoms with Crippen LogP contribution in [-0.2, 0) is 17.9 Å². The van der Waals surface area contributed by atoms with Crippen molar-refractivity contribution < 1.29 is 9.13 Å². The van der Waals surface area contributed by atoms with Crippen molar-refractivity contribution >= 4 is 11.6 Å². The molecule has 112 valence electrons. The number of nitrogens with one attached hydrogen (secondary N) is 2. The van der Waals surface area contributed by atoms with E-state index in [1.807, 2.05) is 13.0 Å². The first-order valence-electron chi connectivity index (χ1n) is 6.62. The van der Waals surface area contributed by atoms with Gasteiger partial charge in [-0.3, -0.25) is 0 Å². The van der Waals surface area contributed by atoms with Gasteiger partial charge in [-0.2, -0.15) is 0 Å². The normalized spacial score (nSPS) is 10.4. The van der Waals surface area contributed by atoms with E-state index in [4.69, 9.17) is 10.6 Å². The van der Waals surface area contributed by atoms with Crippen LogP contribution in [0.3, 0.4) is 0 Å². The molecule has 1 aromatic heterocycles. The summed E-state index contributed by atoms with van der Waals surface area (Å²) in [5, 5.41) is 3.11. The van der Waals surface area contributed by atoms with Crippen molar-refractivity contribution in [2.24, 2.45) is 5.84 Å². The van der Waals surface area contributed by atoms with Gasteiger partial charge in [-0.1, -0.05) is 12.1 Å². The molecular weight excluding hydrogens is 273 g/mol. The molecule has 0 aliphatic heterocycles. The zero-order chi connectivity index (χ0) is 15.1. The van der Waals surface area contributed by atoms with Gasteiger partial charge in [0.15, 0.2) is 5.82 Å². The quantitative estimate of drug-likeness (QED) is 0.535. The Morgan fingerprint density at radius 3 is 2.76 bits per heavy atom. The van der Waals surface area contributed by atoms with E-state index in [1.54, 1.807) is 12.1 Å². The number of ether oxygens (including phenoxy) is 1. The molecule has 4 N–H and O–H groups in total. The summed E-state index contributed by atoms with van der Waals surface area (Å²) < 4.78 is 18.4. The molecule has 2 rings (SSSR count). The van der Waals surface area contributed by atoms with E-state index in [1.165, 1.54) is 12.1 Å². The van der Waals surface area contributed by atoms with E-state index in [0.717, 1.165) is 5.56 Å². The average Bonchev–Trinajstić information content (AvgIpc) is 2.51. The van der Waals surface area contributed by atoms with Crippen molar-refractivity contribution in [1.82, 2.24) is 9.97 Å². The number of rotatable bonds is 7. The van der Waals surface area contributed by atoms with E-state index in [2.05, 4.69) is 20.7 Å². The van der Waals surface area contributed by atoms with Gasteiger partial charge in [0, 0.05) is 19.2 Å². The maximum absolute atomic E-state index is 13.1. The number of nitrogens with zero attached hydrogens (tertiary/aromatic N) is 2. The van der Waals surface area contributed by atoms with Crippen LogP contribution in [0, 0.1) is 5.82 Å². The van der Waals surface area contributed by atoms with Gasteiger partial charge >= 0.3 is 0 Å². The zero-order valence-corrected chi connectivity index (χ0v) is 11.8. The van der Waals surface area contributed by atoms with Gasteiger partial charge in [-0.25, -0.2) is 20.2 Å². The minimum atomic E-state index is -0.265. The molecule has 0 fully saturated rings. The third kappa shape index (κ3) is 4.66. The van der Waals surface area contributed by atoms with E-state index >= 15 is 0 Å². The van der Waals surface area contributed by atoms with Crippen LogP contribution in [0.15, 0.2) is 30.3 Å². The predicted octanol–water partition coefficient (Wildman–Crippen LogP) is 2.05. The van der Waals surface area contributed by atoms with Crippen LogP contribution >= 0.6 is 0 Å². The highest BCUT2D eigenvalue weighted by Crippen LogP contribution is 2.13. The van der Waals surface area contributed by atoms with Crippen molar-refractivity contribution in [1.29, 1.82) is 0 Å². The number of nitrogens with two attached hydrogens (primary N) is 1. The van der Waals surface area contributed by atoms with Gasteiger partial charge in [0.1, 0.15) is 24.1 Å². The van der Waals surface area contributed by atoms with E-state index in [9.17, 15) is 4.39 Å². The standard InChI is InChI=1S/C14H18FN5O/c1-2-21-9-14-18-12(7-13(19-14)20-16)17-8-10-4-3-5-11(15)6-10/h3-7H,2,8-9,16H2,1H3,(H2,17,18,19,20). The van der Waals surface area contributed by atoms with Crippen molar-refractivity contribution in [2.45, 2.75) is 20.1 Å². The number of anilines is 2. The number of benzene rings is 1. The first-order valence-corrected chi connectivity index (χ1v) is 6.62. The summed E-state index contributed by atoms with van der Waals surface area (Å²) in [5.41, 5.74) is 3.31. The summed E-state index contributed by atoms with van der Waals surface area (Å²) in [5.74, 6) is 6.72. The summed E-state index contributed by atoms with van der Waals surface area (Å²) in [7, 11) is 0. The second-order valence-corrected chi connectivity index (χ2v) is 4.32. The van der Waals surface area contributed by atoms with E-state index in [-0.39, 0.29) is 5.82 Å². The summed E-state index contributed by atoms with van der Waals surface area (Å²) in [4.78, 5) is 8.51. The van der Waals surface area contributed by atoms with Crippen LogP contribution < -0.4 is 16.6 Å². The molecule has 0 aliphatic rings. The largest absolute Gasteiger partial charge is 0.374 e. The van der Waals surface area contributed by atoms with Gasteiger partial charge in [0.2, 0.25) is 0 Å². The summed E-state index contributed by atoms with van der Waals surface area (Å²) >= 11 is 0. The molecule has 0 spiro atoms. The minimum Gasteiger partial charge on any atom is -0.374 e. The van der Waals surface area contributed by atoms with Crippen LogP contribution in [0.2, 0.25) is 0 Å². The molecule has 1 aromatic carbocycles. The lowest BCUT2D eigenvalue weighted by Crippen LogP contribution is -2.13. The minimum absolute atomic E-state index is 0.265. The molecule has 0 radical (unpaired) electrons. The maximum Gasteiger partial charge on any atom is 0.158 e. The molecule has 0 aliphatic carbocycles. The lowest BCUT2D eigenvalue weighted by Gasteiger charge is -2.10. The Morgan fingerprint density at radius 2 is 2.05 bits per heavy atom. The van der Waals surface area contributed by atoms with Crippen LogP contribution in [0.1, 0.15) is 18.3 Å². The molecular formula is C14H18FN5O. The summed E-state index contributed by atoms with van der Waals surface area (Å²) in [6.07, 6.45) is 0. The maximum atomic E-state index is 13.1. The number of hydrogen-bond acceptors (Lipinski definition) is 6. The molecule has 21 heavy (non-hydrogen) atoms. The Kier molecular flexibility index (Phi) is 5.42. The second-order valence-electron chi connectivity index (χ2n) is 4.32. The van der Waals surface area contributed by atoms with Crippen molar-refractivity contribution in [3.63, 3.8) is 0 Å². The zero-order valence-electron chi connectivity index (χ0n) is 11.8. The van der Waals surface area contributed by atoms with Crippen molar-refractivity contribution in [3.05, 3.63) is 47.5 Å². The Balaban J connectivity index is 2.07. The van der Waals surface area contributed by atoms with Crippen molar-refractivity contribution in [2.75, 3.05) is 17.3 Å². The smallest absolute Gasteiger partial charge is 0.158 e. The lowest BCUT2D eigenvalue weighted by atomic mass is 10.2. The van der Waals surface area contributed by atoms with Gasteiger partial charge < -0.3 is 15.5 Å². The lowest BCUT2D eigenvalue weighted by molar-refractivity contribution is 0.128. The third-order valence-corrected chi connectivity index (χ3v) is 2.72. The number of nitrogen functional groups attached to an aromatic ring is 1. The Morgan fingerprint density at radius 1 is 1.24 bits per heavy atom. The number of aromatic nitrogens is 2. The van der Waals surface area contributed by atoms with Crippen LogP contribution in [0.25, 0.3) is 0 Å². The van der Waals surface area contributed by atoms with Gasteiger partial charge in [-0.05, 0) is 24.6 Å². The molecule has 0 unspecified atom stereocenters. The Hall–Kier alpha value is -2.25. The molecule has 0 amide bonds. The number of halogens is 1. The SMILES string of the molecule is CCOCc1nc(NN)cc(NCc2cccc(F)c2)n1.